The molecule has 100 valence electrons. The summed E-state index contributed by atoms with van der Waals surface area (Å²) in [6.45, 7) is 0.595. The van der Waals surface area contributed by atoms with Crippen LogP contribution in [0.4, 0.5) is 0 Å². The van der Waals surface area contributed by atoms with Gasteiger partial charge >= 0.3 is 0 Å². The van der Waals surface area contributed by atoms with Gasteiger partial charge < -0.3 is 9.64 Å². The highest BCUT2D eigenvalue weighted by molar-refractivity contribution is 9.10. The average molecular weight is 340 g/mol. The van der Waals surface area contributed by atoms with Crippen molar-refractivity contribution in [3.05, 3.63) is 50.6 Å². The molecule has 2 aromatic rings. The highest BCUT2D eigenvalue weighted by Crippen LogP contribution is 2.24. The van der Waals surface area contributed by atoms with E-state index in [1.54, 1.807) is 42.5 Å². The minimum atomic E-state index is -0.0515. The maximum absolute atomic E-state index is 12.4. The molecule has 0 aliphatic rings. The normalized spacial score (nSPS) is 10.3. The second kappa shape index (κ2) is 6.21. The van der Waals surface area contributed by atoms with Gasteiger partial charge in [0.25, 0.3) is 5.91 Å². The van der Waals surface area contributed by atoms with E-state index in [0.717, 1.165) is 10.0 Å². The number of benzene rings is 1. The zero-order valence-corrected chi connectivity index (χ0v) is 13.1. The lowest BCUT2D eigenvalue weighted by molar-refractivity contribution is 0.0782. The van der Waals surface area contributed by atoms with Crippen molar-refractivity contribution < 1.29 is 9.53 Å². The quantitative estimate of drug-likeness (QED) is 0.847. The summed E-state index contributed by atoms with van der Waals surface area (Å²) in [4.78, 5) is 14.1. The molecule has 0 N–H and O–H groups in total. The number of rotatable bonds is 4. The number of hydrogen-bond donors (Lipinski definition) is 0. The Morgan fingerprint density at radius 3 is 2.84 bits per heavy atom. The van der Waals surface area contributed by atoms with E-state index in [4.69, 9.17) is 4.74 Å². The molecule has 1 heterocycles. The summed E-state index contributed by atoms with van der Waals surface area (Å²) in [5.74, 6) is 0.537. The minimum absolute atomic E-state index is 0.0515. The van der Waals surface area contributed by atoms with E-state index in [1.165, 1.54) is 0 Å². The Morgan fingerprint density at radius 2 is 2.21 bits per heavy atom. The molecule has 1 aromatic carbocycles. The van der Waals surface area contributed by atoms with Crippen molar-refractivity contribution in [2.45, 2.75) is 6.54 Å². The van der Waals surface area contributed by atoms with Gasteiger partial charge in [0, 0.05) is 18.1 Å². The Kier molecular flexibility index (Phi) is 4.61. The highest BCUT2D eigenvalue weighted by Gasteiger charge is 2.17. The van der Waals surface area contributed by atoms with Crippen LogP contribution in [-0.2, 0) is 6.54 Å². The fourth-order valence-electron chi connectivity index (χ4n) is 1.78. The first-order valence-electron chi connectivity index (χ1n) is 5.72. The Balaban J connectivity index is 2.21. The molecule has 0 saturated carbocycles. The third kappa shape index (κ3) is 3.36. The van der Waals surface area contributed by atoms with Crippen LogP contribution in [0.1, 0.15) is 15.9 Å². The maximum Gasteiger partial charge on any atom is 0.257 e. The number of carbonyl (C=O) groups is 1. The van der Waals surface area contributed by atoms with Gasteiger partial charge in [-0.25, -0.2) is 0 Å². The molecular formula is C14H14BrNO2S. The maximum atomic E-state index is 12.4. The van der Waals surface area contributed by atoms with Crippen molar-refractivity contribution in [1.29, 1.82) is 0 Å². The predicted molar refractivity (Wildman–Crippen MR) is 80.8 cm³/mol. The number of hydrogen-bond acceptors (Lipinski definition) is 3. The van der Waals surface area contributed by atoms with E-state index in [1.807, 2.05) is 22.9 Å². The topological polar surface area (TPSA) is 29.5 Å². The third-order valence-corrected chi connectivity index (χ3v) is 3.96. The number of carbonyl (C=O) groups excluding carboxylic acids is 1. The van der Waals surface area contributed by atoms with Crippen LogP contribution in [0.5, 0.6) is 5.75 Å². The summed E-state index contributed by atoms with van der Waals surface area (Å²) in [6, 6.07) is 7.45. The van der Waals surface area contributed by atoms with Gasteiger partial charge in [0.15, 0.2) is 0 Å². The molecule has 3 nitrogen and oxygen atoms in total. The number of nitrogens with zero attached hydrogens (tertiary/aromatic N) is 1. The molecule has 0 aliphatic carbocycles. The van der Waals surface area contributed by atoms with Crippen LogP contribution in [-0.4, -0.2) is 25.0 Å². The Labute approximate surface area is 124 Å². The lowest BCUT2D eigenvalue weighted by Gasteiger charge is -2.18. The molecule has 1 aromatic heterocycles. The number of halogens is 1. The molecular weight excluding hydrogens is 326 g/mol. The lowest BCUT2D eigenvalue weighted by atomic mass is 10.1. The van der Waals surface area contributed by atoms with Gasteiger partial charge in [0.1, 0.15) is 5.75 Å². The molecule has 19 heavy (non-hydrogen) atoms. The molecule has 5 heteroatoms. The van der Waals surface area contributed by atoms with Crippen LogP contribution in [0.15, 0.2) is 39.5 Å². The predicted octanol–water partition coefficient (Wildman–Crippen LogP) is 3.79. The first-order valence-corrected chi connectivity index (χ1v) is 7.45. The summed E-state index contributed by atoms with van der Waals surface area (Å²) < 4.78 is 6.10. The summed E-state index contributed by atoms with van der Waals surface area (Å²) in [7, 11) is 3.36. The molecule has 0 unspecified atom stereocenters. The molecule has 2 rings (SSSR count). The zero-order chi connectivity index (χ0) is 13.8. The summed E-state index contributed by atoms with van der Waals surface area (Å²) >= 11 is 5.01. The highest BCUT2D eigenvalue weighted by atomic mass is 79.9. The van der Waals surface area contributed by atoms with Gasteiger partial charge in [-0.05, 0) is 40.6 Å². The van der Waals surface area contributed by atoms with E-state index in [0.29, 0.717) is 17.9 Å². The smallest absolute Gasteiger partial charge is 0.257 e. The molecule has 0 spiro atoms. The fourth-order valence-corrected chi connectivity index (χ4v) is 2.80. The summed E-state index contributed by atoms with van der Waals surface area (Å²) in [6.07, 6.45) is 0. The van der Waals surface area contributed by atoms with E-state index < -0.39 is 0 Å². The molecule has 0 aliphatic heterocycles. The number of amides is 1. The third-order valence-electron chi connectivity index (χ3n) is 2.74. The van der Waals surface area contributed by atoms with Crippen molar-refractivity contribution >= 4 is 33.2 Å². The van der Waals surface area contributed by atoms with Crippen LogP contribution in [0.3, 0.4) is 0 Å². The monoisotopic (exact) mass is 339 g/mol. The first kappa shape index (κ1) is 14.1. The SMILES string of the molecule is COc1ccc(Br)cc1C(=O)N(C)Cc1ccsc1. The Hall–Kier alpha value is -1.33. The van der Waals surface area contributed by atoms with Crippen LogP contribution < -0.4 is 4.74 Å². The molecule has 0 bridgehead atoms. The van der Waals surface area contributed by atoms with Crippen molar-refractivity contribution in [3.8, 4) is 5.75 Å². The van der Waals surface area contributed by atoms with E-state index in [2.05, 4.69) is 15.9 Å². The van der Waals surface area contributed by atoms with Crippen molar-refractivity contribution in [2.24, 2.45) is 0 Å². The molecule has 0 atom stereocenters. The molecule has 0 fully saturated rings. The largest absolute Gasteiger partial charge is 0.496 e. The van der Waals surface area contributed by atoms with Gasteiger partial charge in [-0.15, -0.1) is 0 Å². The van der Waals surface area contributed by atoms with Crippen molar-refractivity contribution in [1.82, 2.24) is 4.90 Å². The van der Waals surface area contributed by atoms with Crippen LogP contribution in [0, 0.1) is 0 Å². The van der Waals surface area contributed by atoms with Gasteiger partial charge in [-0.3, -0.25) is 4.79 Å². The standard InChI is InChI=1S/C14H14BrNO2S/c1-16(8-10-5-6-19-9-10)14(17)12-7-11(15)3-4-13(12)18-2/h3-7,9H,8H2,1-2H3. The molecule has 1 amide bonds. The van der Waals surface area contributed by atoms with Crippen molar-refractivity contribution in [3.63, 3.8) is 0 Å². The van der Waals surface area contributed by atoms with Crippen LogP contribution >= 0.6 is 27.3 Å². The van der Waals surface area contributed by atoms with Crippen LogP contribution in [0.2, 0.25) is 0 Å². The average Bonchev–Trinajstić information content (AvgIpc) is 2.90. The second-order valence-electron chi connectivity index (χ2n) is 4.14. The van der Waals surface area contributed by atoms with E-state index in [-0.39, 0.29) is 5.91 Å². The van der Waals surface area contributed by atoms with E-state index >= 15 is 0 Å². The van der Waals surface area contributed by atoms with Gasteiger partial charge in [0.2, 0.25) is 0 Å². The Bertz CT molecular complexity index is 569. The van der Waals surface area contributed by atoms with Crippen molar-refractivity contribution in [2.75, 3.05) is 14.2 Å². The second-order valence-corrected chi connectivity index (χ2v) is 5.83. The minimum Gasteiger partial charge on any atom is -0.496 e. The summed E-state index contributed by atoms with van der Waals surface area (Å²) in [5.41, 5.74) is 1.70. The summed E-state index contributed by atoms with van der Waals surface area (Å²) in [5, 5.41) is 4.05. The fraction of sp³-hybridized carbons (Fsp3) is 0.214. The van der Waals surface area contributed by atoms with Gasteiger partial charge in [-0.2, -0.15) is 11.3 Å². The first-order chi connectivity index (χ1) is 9.11. The van der Waals surface area contributed by atoms with Gasteiger partial charge in [-0.1, -0.05) is 15.9 Å². The lowest BCUT2D eigenvalue weighted by Crippen LogP contribution is -2.26. The van der Waals surface area contributed by atoms with Crippen LogP contribution in [0.25, 0.3) is 0 Å². The Morgan fingerprint density at radius 1 is 1.42 bits per heavy atom. The molecule has 0 saturated heterocycles. The zero-order valence-electron chi connectivity index (χ0n) is 10.7. The molecule has 0 radical (unpaired) electrons. The number of methoxy groups -OCH3 is 1. The number of ether oxygens (including phenoxy) is 1. The van der Waals surface area contributed by atoms with E-state index in [9.17, 15) is 4.79 Å². The number of thiophene rings is 1. The van der Waals surface area contributed by atoms with Gasteiger partial charge in [0.05, 0.1) is 12.7 Å².